The molecule has 0 aliphatic carbocycles. The Kier molecular flexibility index (Phi) is 8.02. The van der Waals surface area contributed by atoms with Crippen molar-refractivity contribution in [2.75, 3.05) is 33.4 Å². The van der Waals surface area contributed by atoms with Crippen LogP contribution in [0.5, 0.6) is 11.5 Å². The second kappa shape index (κ2) is 11.1. The number of likely N-dealkylation sites (tertiary alicyclic amines) is 1. The molecule has 0 amide bonds. The number of rotatable bonds is 7. The Morgan fingerprint density at radius 2 is 1.58 bits per heavy atom. The molecule has 3 aromatic carbocycles. The van der Waals surface area contributed by atoms with E-state index in [1.165, 1.54) is 58.7 Å². The van der Waals surface area contributed by atoms with E-state index in [1.54, 1.807) is 7.11 Å². The zero-order valence-electron chi connectivity index (χ0n) is 19.0. The van der Waals surface area contributed by atoms with E-state index in [9.17, 15) is 0 Å². The van der Waals surface area contributed by atoms with Gasteiger partial charge in [-0.25, -0.2) is 0 Å². The zero-order chi connectivity index (χ0) is 21.8. The highest BCUT2D eigenvalue weighted by atomic mass is 35.5. The lowest BCUT2D eigenvalue weighted by Crippen LogP contribution is -2.25. The Bertz CT molecular complexity index is 1090. The fourth-order valence-electron chi connectivity index (χ4n) is 4.53. The van der Waals surface area contributed by atoms with Gasteiger partial charge in [-0.05, 0) is 72.5 Å². The minimum atomic E-state index is 0. The number of benzene rings is 3. The smallest absolute Gasteiger partial charge is 0.119 e. The number of thioether (sulfide) groups is 1. The maximum Gasteiger partial charge on any atom is 0.119 e. The van der Waals surface area contributed by atoms with Gasteiger partial charge in [0.1, 0.15) is 18.1 Å². The molecule has 2 aliphatic rings. The van der Waals surface area contributed by atoms with Crippen LogP contribution >= 0.6 is 24.2 Å². The third-order valence-corrected chi connectivity index (χ3v) is 7.42. The van der Waals surface area contributed by atoms with E-state index in [-0.39, 0.29) is 12.4 Å². The van der Waals surface area contributed by atoms with Gasteiger partial charge in [0, 0.05) is 22.8 Å². The molecule has 2 aliphatic heterocycles. The Morgan fingerprint density at radius 1 is 0.848 bits per heavy atom. The second-order valence-electron chi connectivity index (χ2n) is 8.30. The first-order chi connectivity index (χ1) is 15.8. The molecule has 0 aromatic heterocycles. The third kappa shape index (κ3) is 5.40. The van der Waals surface area contributed by atoms with Crippen molar-refractivity contribution in [2.45, 2.75) is 18.6 Å². The summed E-state index contributed by atoms with van der Waals surface area (Å²) in [5.41, 5.74) is 6.36. The highest BCUT2D eigenvalue weighted by Crippen LogP contribution is 2.47. The molecule has 0 unspecified atom stereocenters. The standard InChI is InChI=1S/C28H29NO2S.ClH/c1-30-25-13-14-26-23(19-25)20-32-28(22-7-3-2-4-8-22)27(26)21-9-11-24(12-10-21)31-18-17-29-15-5-6-16-29;/h2-4,7-14,19H,5-6,15-18,20H2,1H3;1H. The van der Waals surface area contributed by atoms with Gasteiger partial charge in [0.2, 0.25) is 0 Å². The van der Waals surface area contributed by atoms with Crippen molar-refractivity contribution >= 4 is 34.6 Å². The summed E-state index contributed by atoms with van der Waals surface area (Å²) >= 11 is 1.90. The Balaban J connectivity index is 0.00000259. The van der Waals surface area contributed by atoms with E-state index in [0.717, 1.165) is 30.4 Å². The number of ether oxygens (including phenoxy) is 2. The highest BCUT2D eigenvalue weighted by molar-refractivity contribution is 8.08. The normalized spacial score (nSPS) is 15.7. The lowest BCUT2D eigenvalue weighted by molar-refractivity contribution is 0.238. The molecule has 33 heavy (non-hydrogen) atoms. The summed E-state index contributed by atoms with van der Waals surface area (Å²) in [7, 11) is 1.73. The van der Waals surface area contributed by atoms with E-state index in [1.807, 2.05) is 11.8 Å². The fraction of sp³-hybridized carbons (Fsp3) is 0.286. The molecule has 172 valence electrons. The van der Waals surface area contributed by atoms with Crippen LogP contribution in [0.25, 0.3) is 10.5 Å². The van der Waals surface area contributed by atoms with Gasteiger partial charge in [0.25, 0.3) is 0 Å². The fourth-order valence-corrected chi connectivity index (χ4v) is 5.74. The van der Waals surface area contributed by atoms with E-state index in [0.29, 0.717) is 0 Å². The number of nitrogens with zero attached hydrogens (tertiary/aromatic N) is 1. The molecule has 0 bridgehead atoms. The number of methoxy groups -OCH3 is 1. The van der Waals surface area contributed by atoms with Gasteiger partial charge in [-0.1, -0.05) is 48.5 Å². The van der Waals surface area contributed by atoms with Crippen molar-refractivity contribution in [2.24, 2.45) is 0 Å². The van der Waals surface area contributed by atoms with Crippen molar-refractivity contribution in [1.29, 1.82) is 0 Å². The van der Waals surface area contributed by atoms with Crippen LogP contribution in [0.4, 0.5) is 0 Å². The van der Waals surface area contributed by atoms with Crippen molar-refractivity contribution < 1.29 is 9.47 Å². The molecule has 1 fully saturated rings. The molecule has 0 radical (unpaired) electrons. The van der Waals surface area contributed by atoms with Crippen molar-refractivity contribution in [3.63, 3.8) is 0 Å². The maximum atomic E-state index is 6.04. The Morgan fingerprint density at radius 3 is 2.30 bits per heavy atom. The van der Waals surface area contributed by atoms with Crippen LogP contribution in [0.1, 0.15) is 35.1 Å². The summed E-state index contributed by atoms with van der Waals surface area (Å²) in [6.07, 6.45) is 2.64. The molecular formula is C28H30ClNO2S. The average molecular weight is 480 g/mol. The van der Waals surface area contributed by atoms with Crippen LogP contribution in [0.15, 0.2) is 72.8 Å². The summed E-state index contributed by atoms with van der Waals surface area (Å²) in [6.45, 7) is 4.17. The number of hydrogen-bond acceptors (Lipinski definition) is 4. The van der Waals surface area contributed by atoms with Crippen molar-refractivity contribution in [3.05, 3.63) is 95.1 Å². The van der Waals surface area contributed by atoms with E-state index >= 15 is 0 Å². The van der Waals surface area contributed by atoms with Gasteiger partial charge in [-0.2, -0.15) is 0 Å². The third-order valence-electron chi connectivity index (χ3n) is 6.23. The first-order valence-corrected chi connectivity index (χ1v) is 12.4. The molecule has 0 spiro atoms. The average Bonchev–Trinajstić information content (AvgIpc) is 3.37. The van der Waals surface area contributed by atoms with Gasteiger partial charge in [0.05, 0.1) is 7.11 Å². The summed E-state index contributed by atoms with van der Waals surface area (Å²) in [5.74, 6) is 2.79. The van der Waals surface area contributed by atoms with E-state index < -0.39 is 0 Å². The number of hydrogen-bond donors (Lipinski definition) is 0. The molecule has 2 heterocycles. The quantitative estimate of drug-likeness (QED) is 0.373. The Hall–Kier alpha value is -2.40. The largest absolute Gasteiger partial charge is 0.497 e. The molecule has 3 nitrogen and oxygen atoms in total. The Labute approximate surface area is 207 Å². The molecule has 0 N–H and O–H groups in total. The van der Waals surface area contributed by atoms with Crippen LogP contribution in [0.3, 0.4) is 0 Å². The summed E-state index contributed by atoms with van der Waals surface area (Å²) < 4.78 is 11.5. The van der Waals surface area contributed by atoms with Crippen LogP contribution in [0, 0.1) is 0 Å². The van der Waals surface area contributed by atoms with Gasteiger partial charge < -0.3 is 9.47 Å². The zero-order valence-corrected chi connectivity index (χ0v) is 20.6. The van der Waals surface area contributed by atoms with Crippen LogP contribution in [0.2, 0.25) is 0 Å². The molecular weight excluding hydrogens is 450 g/mol. The molecule has 5 rings (SSSR count). The van der Waals surface area contributed by atoms with E-state index in [2.05, 4.69) is 77.7 Å². The summed E-state index contributed by atoms with van der Waals surface area (Å²) in [6, 6.07) is 25.7. The second-order valence-corrected chi connectivity index (χ2v) is 9.29. The van der Waals surface area contributed by atoms with Crippen LogP contribution < -0.4 is 9.47 Å². The molecule has 5 heteroatoms. The minimum Gasteiger partial charge on any atom is -0.497 e. The van der Waals surface area contributed by atoms with Gasteiger partial charge in [-0.3, -0.25) is 4.90 Å². The number of halogens is 1. The number of fused-ring (bicyclic) bond motifs is 1. The topological polar surface area (TPSA) is 21.7 Å². The maximum absolute atomic E-state index is 6.04. The predicted molar refractivity (Wildman–Crippen MR) is 142 cm³/mol. The van der Waals surface area contributed by atoms with Crippen molar-refractivity contribution in [3.8, 4) is 11.5 Å². The van der Waals surface area contributed by atoms with Gasteiger partial charge in [0.15, 0.2) is 0 Å². The predicted octanol–water partition coefficient (Wildman–Crippen LogP) is 6.76. The minimum absolute atomic E-state index is 0. The molecule has 0 saturated carbocycles. The van der Waals surface area contributed by atoms with Gasteiger partial charge in [-0.15, -0.1) is 24.2 Å². The monoisotopic (exact) mass is 479 g/mol. The van der Waals surface area contributed by atoms with E-state index in [4.69, 9.17) is 9.47 Å². The SMILES string of the molecule is COc1ccc2c(c1)CSC(c1ccccc1)=C2c1ccc(OCCN2CCCC2)cc1.Cl. The lowest BCUT2D eigenvalue weighted by Gasteiger charge is -2.24. The summed E-state index contributed by atoms with van der Waals surface area (Å²) in [4.78, 5) is 3.81. The molecule has 3 aromatic rings. The highest BCUT2D eigenvalue weighted by Gasteiger charge is 2.22. The molecule has 0 atom stereocenters. The lowest BCUT2D eigenvalue weighted by atomic mass is 9.91. The summed E-state index contributed by atoms with van der Waals surface area (Å²) in [5, 5.41) is 0. The van der Waals surface area contributed by atoms with Crippen molar-refractivity contribution in [1.82, 2.24) is 4.90 Å². The van der Waals surface area contributed by atoms with Crippen LogP contribution in [-0.2, 0) is 5.75 Å². The first-order valence-electron chi connectivity index (χ1n) is 11.4. The van der Waals surface area contributed by atoms with Crippen LogP contribution in [-0.4, -0.2) is 38.3 Å². The van der Waals surface area contributed by atoms with Gasteiger partial charge >= 0.3 is 0 Å². The molecule has 1 saturated heterocycles. The first kappa shape index (κ1) is 23.7.